The Morgan fingerprint density at radius 1 is 1.06 bits per heavy atom. The summed E-state index contributed by atoms with van der Waals surface area (Å²) in [5.41, 5.74) is 4.86. The molecular formula is C15H14O2. The fourth-order valence-electron chi connectivity index (χ4n) is 2.32. The molecule has 0 bridgehead atoms. The van der Waals surface area contributed by atoms with Gasteiger partial charge in [-0.05, 0) is 30.2 Å². The molecule has 0 atom stereocenters. The van der Waals surface area contributed by atoms with Crippen LogP contribution in [-0.2, 0) is 6.42 Å². The number of aromatic hydroxyl groups is 1. The number of hydrogen-bond acceptors (Lipinski definition) is 2. The number of ether oxygens (including phenoxy) is 1. The van der Waals surface area contributed by atoms with Crippen molar-refractivity contribution >= 4 is 0 Å². The molecule has 0 amide bonds. The van der Waals surface area contributed by atoms with Gasteiger partial charge in [0.25, 0.3) is 0 Å². The maximum absolute atomic E-state index is 9.49. The van der Waals surface area contributed by atoms with Crippen LogP contribution in [0.25, 0.3) is 11.1 Å². The van der Waals surface area contributed by atoms with Crippen molar-refractivity contribution in [1.29, 1.82) is 0 Å². The van der Waals surface area contributed by atoms with Gasteiger partial charge in [-0.15, -0.1) is 0 Å². The van der Waals surface area contributed by atoms with Crippen LogP contribution in [0.3, 0.4) is 0 Å². The summed E-state index contributed by atoms with van der Waals surface area (Å²) >= 11 is 0. The molecule has 0 radical (unpaired) electrons. The lowest BCUT2D eigenvalue weighted by Gasteiger charge is -2.09. The molecule has 2 heteroatoms. The first-order valence-corrected chi connectivity index (χ1v) is 5.80. The van der Waals surface area contributed by atoms with E-state index in [1.807, 2.05) is 6.07 Å². The molecule has 0 unspecified atom stereocenters. The minimum Gasteiger partial charge on any atom is -0.508 e. The van der Waals surface area contributed by atoms with E-state index in [0.29, 0.717) is 6.61 Å². The average Bonchev–Trinajstić information content (AvgIpc) is 2.47. The molecule has 3 rings (SSSR count). The van der Waals surface area contributed by atoms with Crippen molar-refractivity contribution in [2.24, 2.45) is 0 Å². The highest BCUT2D eigenvalue weighted by molar-refractivity contribution is 5.75. The molecule has 0 saturated heterocycles. The SMILES string of the molecule is Cc1ccc2c(c1)CCOc1cc(O)ccc1-2. The lowest BCUT2D eigenvalue weighted by Crippen LogP contribution is -1.98. The standard InChI is InChI=1S/C15H14O2/c1-10-2-4-13-11(8-10)6-7-17-15-9-12(16)3-5-14(13)15/h2-5,8-9,16H,6-7H2,1H3. The van der Waals surface area contributed by atoms with Gasteiger partial charge >= 0.3 is 0 Å². The van der Waals surface area contributed by atoms with Gasteiger partial charge < -0.3 is 9.84 Å². The van der Waals surface area contributed by atoms with E-state index < -0.39 is 0 Å². The topological polar surface area (TPSA) is 29.5 Å². The van der Waals surface area contributed by atoms with Crippen LogP contribution in [0.2, 0.25) is 0 Å². The van der Waals surface area contributed by atoms with E-state index >= 15 is 0 Å². The molecule has 2 aromatic rings. The first-order valence-electron chi connectivity index (χ1n) is 5.80. The van der Waals surface area contributed by atoms with E-state index in [0.717, 1.165) is 17.7 Å². The van der Waals surface area contributed by atoms with Crippen molar-refractivity contribution in [1.82, 2.24) is 0 Å². The van der Waals surface area contributed by atoms with Gasteiger partial charge in [-0.3, -0.25) is 0 Å². The largest absolute Gasteiger partial charge is 0.508 e. The molecule has 0 aliphatic carbocycles. The highest BCUT2D eigenvalue weighted by atomic mass is 16.5. The number of phenolic OH excluding ortho intramolecular Hbond substituents is 1. The molecule has 2 nitrogen and oxygen atoms in total. The summed E-state index contributed by atoms with van der Waals surface area (Å²) in [5.74, 6) is 1.02. The Hall–Kier alpha value is -1.96. The second-order valence-corrected chi connectivity index (χ2v) is 4.44. The molecule has 0 spiro atoms. The third-order valence-corrected chi connectivity index (χ3v) is 3.15. The molecule has 1 heterocycles. The monoisotopic (exact) mass is 226 g/mol. The number of rotatable bonds is 0. The fraction of sp³-hybridized carbons (Fsp3) is 0.200. The number of fused-ring (bicyclic) bond motifs is 3. The summed E-state index contributed by atoms with van der Waals surface area (Å²) in [6, 6.07) is 11.8. The quantitative estimate of drug-likeness (QED) is 0.746. The molecule has 1 aliphatic rings. The molecule has 1 N–H and O–H groups in total. The summed E-state index contributed by atoms with van der Waals surface area (Å²) in [6.07, 6.45) is 0.909. The summed E-state index contributed by atoms with van der Waals surface area (Å²) in [6.45, 7) is 2.76. The summed E-state index contributed by atoms with van der Waals surface area (Å²) in [5, 5.41) is 9.49. The second kappa shape index (κ2) is 3.81. The Morgan fingerprint density at radius 3 is 2.76 bits per heavy atom. The molecule has 86 valence electrons. The number of phenols is 1. The maximum atomic E-state index is 9.49. The van der Waals surface area contributed by atoms with Crippen molar-refractivity contribution in [2.45, 2.75) is 13.3 Å². The summed E-state index contributed by atoms with van der Waals surface area (Å²) in [4.78, 5) is 0. The van der Waals surface area contributed by atoms with Crippen LogP contribution in [0.15, 0.2) is 36.4 Å². The first-order chi connectivity index (χ1) is 8.24. The van der Waals surface area contributed by atoms with Crippen LogP contribution >= 0.6 is 0 Å². The molecule has 0 fully saturated rings. The van der Waals surface area contributed by atoms with Crippen molar-refractivity contribution in [3.05, 3.63) is 47.5 Å². The van der Waals surface area contributed by atoms with Crippen LogP contribution in [0.4, 0.5) is 0 Å². The smallest absolute Gasteiger partial charge is 0.130 e. The predicted molar refractivity (Wildman–Crippen MR) is 67.5 cm³/mol. The van der Waals surface area contributed by atoms with Gasteiger partial charge in [0, 0.05) is 18.1 Å². The van der Waals surface area contributed by atoms with E-state index in [-0.39, 0.29) is 5.75 Å². The van der Waals surface area contributed by atoms with Crippen molar-refractivity contribution in [2.75, 3.05) is 6.61 Å². The van der Waals surface area contributed by atoms with E-state index in [2.05, 4.69) is 25.1 Å². The highest BCUT2D eigenvalue weighted by Crippen LogP contribution is 2.37. The van der Waals surface area contributed by atoms with Gasteiger partial charge in [-0.2, -0.15) is 0 Å². The second-order valence-electron chi connectivity index (χ2n) is 4.44. The fourth-order valence-corrected chi connectivity index (χ4v) is 2.32. The first kappa shape index (κ1) is 10.2. The van der Waals surface area contributed by atoms with Crippen LogP contribution in [-0.4, -0.2) is 11.7 Å². The van der Waals surface area contributed by atoms with Crippen LogP contribution in [0.5, 0.6) is 11.5 Å². The van der Waals surface area contributed by atoms with Crippen LogP contribution in [0.1, 0.15) is 11.1 Å². The average molecular weight is 226 g/mol. The number of aryl methyl sites for hydroxylation is 1. The van der Waals surface area contributed by atoms with Gasteiger partial charge in [0.1, 0.15) is 11.5 Å². The summed E-state index contributed by atoms with van der Waals surface area (Å²) < 4.78 is 5.69. The Morgan fingerprint density at radius 2 is 1.88 bits per heavy atom. The van der Waals surface area contributed by atoms with Gasteiger partial charge in [0.15, 0.2) is 0 Å². The van der Waals surface area contributed by atoms with E-state index in [1.54, 1.807) is 12.1 Å². The molecule has 0 saturated carbocycles. The van der Waals surface area contributed by atoms with E-state index in [4.69, 9.17) is 4.74 Å². The van der Waals surface area contributed by atoms with E-state index in [9.17, 15) is 5.11 Å². The van der Waals surface area contributed by atoms with Crippen molar-refractivity contribution in [3.63, 3.8) is 0 Å². The Labute approximate surface area is 100 Å². The molecular weight excluding hydrogens is 212 g/mol. The van der Waals surface area contributed by atoms with Crippen molar-refractivity contribution in [3.8, 4) is 22.6 Å². The zero-order valence-electron chi connectivity index (χ0n) is 9.73. The minimum absolute atomic E-state index is 0.249. The normalized spacial score (nSPS) is 13.2. The van der Waals surface area contributed by atoms with Crippen LogP contribution in [0, 0.1) is 6.92 Å². The molecule has 17 heavy (non-hydrogen) atoms. The Bertz CT molecular complexity index is 522. The minimum atomic E-state index is 0.249. The van der Waals surface area contributed by atoms with Crippen LogP contribution < -0.4 is 4.74 Å². The van der Waals surface area contributed by atoms with Gasteiger partial charge in [0.05, 0.1) is 6.61 Å². The van der Waals surface area contributed by atoms with Gasteiger partial charge in [-0.1, -0.05) is 23.8 Å². The predicted octanol–water partition coefficient (Wildman–Crippen LogP) is 3.30. The molecule has 0 aromatic heterocycles. The van der Waals surface area contributed by atoms with Gasteiger partial charge in [-0.25, -0.2) is 0 Å². The Kier molecular flexibility index (Phi) is 2.29. The summed E-state index contributed by atoms with van der Waals surface area (Å²) in [7, 11) is 0. The van der Waals surface area contributed by atoms with E-state index in [1.165, 1.54) is 16.7 Å². The number of hydrogen-bond donors (Lipinski definition) is 1. The number of benzene rings is 2. The Balaban J connectivity index is 2.24. The lowest BCUT2D eigenvalue weighted by atomic mass is 9.96. The zero-order chi connectivity index (χ0) is 11.8. The van der Waals surface area contributed by atoms with Gasteiger partial charge in [0.2, 0.25) is 0 Å². The van der Waals surface area contributed by atoms with Crippen molar-refractivity contribution < 1.29 is 9.84 Å². The molecule has 1 aliphatic heterocycles. The third kappa shape index (κ3) is 1.76. The third-order valence-electron chi connectivity index (χ3n) is 3.15. The highest BCUT2D eigenvalue weighted by Gasteiger charge is 2.15. The zero-order valence-corrected chi connectivity index (χ0v) is 9.73. The lowest BCUT2D eigenvalue weighted by molar-refractivity contribution is 0.324. The molecule has 2 aromatic carbocycles. The maximum Gasteiger partial charge on any atom is 0.130 e.